The van der Waals surface area contributed by atoms with Crippen LogP contribution in [0.4, 0.5) is 21.8 Å². The van der Waals surface area contributed by atoms with Crippen LogP contribution in [-0.4, -0.2) is 32.7 Å². The molecule has 0 saturated heterocycles. The van der Waals surface area contributed by atoms with Crippen molar-refractivity contribution in [1.82, 2.24) is 15.0 Å². The molecule has 2 heterocycles. The van der Waals surface area contributed by atoms with Crippen LogP contribution in [0.5, 0.6) is 0 Å². The molecule has 0 aliphatic carbocycles. The number of hydrogen-bond acceptors (Lipinski definition) is 6. The topological polar surface area (TPSA) is 83.0 Å². The van der Waals surface area contributed by atoms with E-state index in [1.54, 1.807) is 43.6 Å². The van der Waals surface area contributed by atoms with E-state index in [4.69, 9.17) is 11.6 Å². The average molecular weight is 374 g/mol. The number of anilines is 3. The minimum absolute atomic E-state index is 0.0786. The van der Waals surface area contributed by atoms with Crippen molar-refractivity contribution in [2.24, 2.45) is 0 Å². The number of nitrogens with one attached hydrogen (secondary N) is 2. The van der Waals surface area contributed by atoms with E-state index < -0.39 is 5.82 Å². The predicted molar refractivity (Wildman–Crippen MR) is 100 cm³/mol. The molecule has 0 aliphatic heterocycles. The Balaban J connectivity index is 2.02. The van der Waals surface area contributed by atoms with Gasteiger partial charge in [-0.1, -0.05) is 17.7 Å². The molecule has 6 nitrogen and oxygen atoms in total. The third-order valence-corrected chi connectivity index (χ3v) is 3.88. The van der Waals surface area contributed by atoms with Gasteiger partial charge in [0.2, 0.25) is 5.95 Å². The summed E-state index contributed by atoms with van der Waals surface area (Å²) in [7, 11) is 0. The summed E-state index contributed by atoms with van der Waals surface area (Å²) in [6.45, 7) is 1.72. The van der Waals surface area contributed by atoms with Crippen LogP contribution >= 0.6 is 11.6 Å². The Morgan fingerprint density at radius 1 is 1.19 bits per heavy atom. The Labute approximate surface area is 155 Å². The SMILES string of the molecule is C[C@H](CO)Nc1nc(Nc2c(F)cccc2Cl)cc(-c2ccncc2)n1. The highest BCUT2D eigenvalue weighted by Gasteiger charge is 2.12. The minimum atomic E-state index is -0.486. The van der Waals surface area contributed by atoms with Crippen molar-refractivity contribution >= 4 is 29.1 Å². The number of pyridine rings is 1. The lowest BCUT2D eigenvalue weighted by atomic mass is 10.2. The fourth-order valence-corrected chi connectivity index (χ4v) is 2.47. The lowest BCUT2D eigenvalue weighted by Crippen LogP contribution is -2.21. The van der Waals surface area contributed by atoms with Gasteiger partial charge in [0.1, 0.15) is 11.6 Å². The molecule has 1 aromatic carbocycles. The van der Waals surface area contributed by atoms with Gasteiger partial charge in [0.25, 0.3) is 0 Å². The Morgan fingerprint density at radius 2 is 1.96 bits per heavy atom. The van der Waals surface area contributed by atoms with E-state index in [1.165, 1.54) is 12.1 Å². The summed E-state index contributed by atoms with van der Waals surface area (Å²) >= 11 is 6.08. The first kappa shape index (κ1) is 18.0. The largest absolute Gasteiger partial charge is 0.394 e. The van der Waals surface area contributed by atoms with E-state index in [9.17, 15) is 9.50 Å². The van der Waals surface area contributed by atoms with Gasteiger partial charge < -0.3 is 15.7 Å². The van der Waals surface area contributed by atoms with Crippen LogP contribution < -0.4 is 10.6 Å². The normalized spacial score (nSPS) is 11.8. The number of nitrogens with zero attached hydrogens (tertiary/aromatic N) is 3. The molecule has 1 atom stereocenters. The molecule has 0 radical (unpaired) electrons. The molecule has 134 valence electrons. The highest BCUT2D eigenvalue weighted by Crippen LogP contribution is 2.29. The second kappa shape index (κ2) is 8.07. The molecule has 0 saturated carbocycles. The third-order valence-electron chi connectivity index (χ3n) is 3.57. The first-order valence-electron chi connectivity index (χ1n) is 7.94. The van der Waals surface area contributed by atoms with Crippen LogP contribution in [0, 0.1) is 5.82 Å². The van der Waals surface area contributed by atoms with Gasteiger partial charge in [-0.15, -0.1) is 0 Å². The quantitative estimate of drug-likeness (QED) is 0.608. The number of benzene rings is 1. The number of aliphatic hydroxyl groups excluding tert-OH is 1. The van der Waals surface area contributed by atoms with Gasteiger partial charge in [-0.05, 0) is 31.2 Å². The van der Waals surface area contributed by atoms with Crippen LogP contribution in [0.2, 0.25) is 5.02 Å². The van der Waals surface area contributed by atoms with Crippen molar-refractivity contribution in [2.75, 3.05) is 17.2 Å². The first-order valence-corrected chi connectivity index (χ1v) is 8.32. The molecule has 26 heavy (non-hydrogen) atoms. The number of aliphatic hydroxyl groups is 1. The van der Waals surface area contributed by atoms with E-state index in [-0.39, 0.29) is 23.4 Å². The monoisotopic (exact) mass is 373 g/mol. The molecular formula is C18H17ClFN5O. The van der Waals surface area contributed by atoms with Crippen molar-refractivity contribution in [3.63, 3.8) is 0 Å². The van der Waals surface area contributed by atoms with E-state index in [1.807, 2.05) is 0 Å². The average Bonchev–Trinajstić information content (AvgIpc) is 2.65. The van der Waals surface area contributed by atoms with Gasteiger partial charge in [-0.2, -0.15) is 4.98 Å². The van der Waals surface area contributed by atoms with Crippen LogP contribution in [-0.2, 0) is 0 Å². The van der Waals surface area contributed by atoms with Gasteiger partial charge in [0.15, 0.2) is 0 Å². The Hall–Kier alpha value is -2.77. The van der Waals surface area contributed by atoms with Crippen LogP contribution in [0.25, 0.3) is 11.3 Å². The summed E-state index contributed by atoms with van der Waals surface area (Å²) in [5.41, 5.74) is 1.57. The molecule has 0 aliphatic rings. The Morgan fingerprint density at radius 3 is 2.65 bits per heavy atom. The maximum absolute atomic E-state index is 14.1. The fourth-order valence-electron chi connectivity index (χ4n) is 2.26. The zero-order valence-electron chi connectivity index (χ0n) is 13.9. The molecule has 0 unspecified atom stereocenters. The van der Waals surface area contributed by atoms with Crippen molar-refractivity contribution in [3.05, 3.63) is 59.6 Å². The molecule has 0 fully saturated rings. The molecule has 3 rings (SSSR count). The van der Waals surface area contributed by atoms with Gasteiger partial charge in [0.05, 0.1) is 23.0 Å². The second-order valence-corrected chi connectivity index (χ2v) is 6.05. The number of aromatic nitrogens is 3. The lowest BCUT2D eigenvalue weighted by Gasteiger charge is -2.15. The molecule has 0 amide bonds. The standard InChI is InChI=1S/C18H17ClFN5O/c1-11(10-26)22-18-23-15(12-5-7-21-8-6-12)9-16(25-18)24-17-13(19)3-2-4-14(17)20/h2-9,11,26H,10H2,1H3,(H2,22,23,24,25)/t11-/m1/s1. The van der Waals surface area contributed by atoms with Crippen molar-refractivity contribution in [1.29, 1.82) is 0 Å². The highest BCUT2D eigenvalue weighted by atomic mass is 35.5. The molecular weight excluding hydrogens is 357 g/mol. The Bertz CT molecular complexity index is 874. The smallest absolute Gasteiger partial charge is 0.225 e. The fraction of sp³-hybridized carbons (Fsp3) is 0.167. The summed E-state index contributed by atoms with van der Waals surface area (Å²) in [6, 6.07) is 9.49. The number of halogens is 2. The zero-order valence-corrected chi connectivity index (χ0v) is 14.7. The highest BCUT2D eigenvalue weighted by molar-refractivity contribution is 6.33. The van der Waals surface area contributed by atoms with E-state index in [0.29, 0.717) is 17.5 Å². The summed E-state index contributed by atoms with van der Waals surface area (Å²) in [6.07, 6.45) is 3.31. The number of hydrogen-bond donors (Lipinski definition) is 3. The molecule has 0 bridgehead atoms. The summed E-state index contributed by atoms with van der Waals surface area (Å²) in [5, 5.41) is 15.4. The molecule has 3 N–H and O–H groups in total. The van der Waals surface area contributed by atoms with E-state index >= 15 is 0 Å². The van der Waals surface area contributed by atoms with Crippen molar-refractivity contribution in [3.8, 4) is 11.3 Å². The third kappa shape index (κ3) is 4.25. The lowest BCUT2D eigenvalue weighted by molar-refractivity contribution is 0.281. The van der Waals surface area contributed by atoms with Crippen LogP contribution in [0.3, 0.4) is 0 Å². The van der Waals surface area contributed by atoms with Crippen LogP contribution in [0.1, 0.15) is 6.92 Å². The Kier molecular flexibility index (Phi) is 5.60. The van der Waals surface area contributed by atoms with Crippen molar-refractivity contribution < 1.29 is 9.50 Å². The van der Waals surface area contributed by atoms with Gasteiger partial charge in [0, 0.05) is 30.1 Å². The number of rotatable bonds is 6. The van der Waals surface area contributed by atoms with E-state index in [0.717, 1.165) is 5.56 Å². The predicted octanol–water partition coefficient (Wildman–Crippen LogP) is 3.87. The van der Waals surface area contributed by atoms with Gasteiger partial charge in [-0.25, -0.2) is 9.37 Å². The van der Waals surface area contributed by atoms with Gasteiger partial charge >= 0.3 is 0 Å². The maximum atomic E-state index is 14.1. The summed E-state index contributed by atoms with van der Waals surface area (Å²) < 4.78 is 14.1. The van der Waals surface area contributed by atoms with Gasteiger partial charge in [-0.3, -0.25) is 4.98 Å². The molecule has 8 heteroatoms. The number of para-hydroxylation sites is 1. The molecule has 3 aromatic rings. The second-order valence-electron chi connectivity index (χ2n) is 5.65. The summed E-state index contributed by atoms with van der Waals surface area (Å²) in [4.78, 5) is 12.8. The minimum Gasteiger partial charge on any atom is -0.394 e. The van der Waals surface area contributed by atoms with Crippen LogP contribution in [0.15, 0.2) is 48.8 Å². The molecule has 0 spiro atoms. The van der Waals surface area contributed by atoms with E-state index in [2.05, 4.69) is 25.6 Å². The first-order chi connectivity index (χ1) is 12.6. The molecule has 2 aromatic heterocycles. The van der Waals surface area contributed by atoms with Crippen molar-refractivity contribution in [2.45, 2.75) is 13.0 Å². The summed E-state index contributed by atoms with van der Waals surface area (Å²) in [5.74, 6) is 0.182. The maximum Gasteiger partial charge on any atom is 0.225 e. The zero-order chi connectivity index (χ0) is 18.5.